The van der Waals surface area contributed by atoms with Crippen LogP contribution in [0.15, 0.2) is 20.9 Å². The van der Waals surface area contributed by atoms with E-state index in [1.807, 2.05) is 19.2 Å². The lowest BCUT2D eigenvalue weighted by atomic mass is 10.4. The van der Waals surface area contributed by atoms with Crippen LogP contribution in [0, 0.1) is 0 Å². The molecule has 0 aromatic carbocycles. The highest BCUT2D eigenvalue weighted by molar-refractivity contribution is 14.1. The van der Waals surface area contributed by atoms with Crippen molar-refractivity contribution in [3.05, 3.63) is 20.9 Å². The maximum atomic E-state index is 5.81. The Bertz CT molecular complexity index is 174. The fraction of sp³-hybridized carbons (Fsp3) is 0.333. The highest BCUT2D eigenvalue weighted by Gasteiger charge is 2.06. The van der Waals surface area contributed by atoms with Gasteiger partial charge in [0.15, 0.2) is 0 Å². The van der Waals surface area contributed by atoms with Gasteiger partial charge in [-0.15, -0.1) is 0 Å². The first-order valence-corrected chi connectivity index (χ1v) is 4.10. The summed E-state index contributed by atoms with van der Waals surface area (Å²) < 4.78 is 1.12. The number of hydrogen-bond acceptors (Lipinski definition) is 1. The van der Waals surface area contributed by atoms with E-state index in [9.17, 15) is 0 Å². The summed E-state index contributed by atoms with van der Waals surface area (Å²) in [5.74, 6) is 0. The summed E-state index contributed by atoms with van der Waals surface area (Å²) in [7, 11) is 2.02. The lowest BCUT2D eigenvalue weighted by molar-refractivity contribution is 0.497. The van der Waals surface area contributed by atoms with Crippen molar-refractivity contribution in [2.75, 3.05) is 13.6 Å². The molecular formula is C6H7ClIN. The molecule has 1 aliphatic rings. The first kappa shape index (κ1) is 7.41. The highest BCUT2D eigenvalue weighted by atomic mass is 127. The fourth-order valence-corrected chi connectivity index (χ4v) is 1.26. The van der Waals surface area contributed by atoms with E-state index in [0.717, 1.165) is 15.3 Å². The van der Waals surface area contributed by atoms with E-state index in [0.29, 0.717) is 0 Å². The lowest BCUT2D eigenvalue weighted by Gasteiger charge is -2.19. The zero-order valence-electron chi connectivity index (χ0n) is 5.06. The van der Waals surface area contributed by atoms with E-state index in [-0.39, 0.29) is 0 Å². The first-order chi connectivity index (χ1) is 4.22. The van der Waals surface area contributed by atoms with Gasteiger partial charge in [0.05, 0.1) is 8.74 Å². The summed E-state index contributed by atoms with van der Waals surface area (Å²) in [4.78, 5) is 2.10. The minimum absolute atomic E-state index is 0.837. The van der Waals surface area contributed by atoms with Gasteiger partial charge >= 0.3 is 0 Å². The molecule has 0 saturated carbocycles. The molecule has 0 aromatic rings. The van der Waals surface area contributed by atoms with Gasteiger partial charge in [0, 0.05) is 13.6 Å². The Hall–Kier alpha value is 0.300. The predicted octanol–water partition coefficient (Wildman–Crippen LogP) is 2.33. The van der Waals surface area contributed by atoms with Crippen LogP contribution >= 0.6 is 34.2 Å². The molecular weight excluding hydrogens is 248 g/mol. The Morgan fingerprint density at radius 1 is 1.78 bits per heavy atom. The topological polar surface area (TPSA) is 3.24 Å². The third-order valence-electron chi connectivity index (χ3n) is 1.18. The quantitative estimate of drug-likeness (QED) is 0.474. The zero-order chi connectivity index (χ0) is 6.85. The van der Waals surface area contributed by atoms with Crippen LogP contribution in [0.1, 0.15) is 0 Å². The molecule has 0 fully saturated rings. The molecule has 0 unspecified atom stereocenters. The van der Waals surface area contributed by atoms with Crippen molar-refractivity contribution < 1.29 is 0 Å². The third kappa shape index (κ3) is 1.61. The number of halogens is 2. The number of hydrogen-bond donors (Lipinski definition) is 0. The van der Waals surface area contributed by atoms with Crippen LogP contribution in [0.4, 0.5) is 0 Å². The van der Waals surface area contributed by atoms with E-state index in [1.54, 1.807) is 0 Å². The maximum Gasteiger partial charge on any atom is 0.0946 e. The molecule has 9 heavy (non-hydrogen) atoms. The fourth-order valence-electron chi connectivity index (χ4n) is 0.646. The van der Waals surface area contributed by atoms with Gasteiger partial charge in [0.25, 0.3) is 0 Å². The molecule has 1 rings (SSSR count). The van der Waals surface area contributed by atoms with Crippen LogP contribution in [0.25, 0.3) is 0 Å². The highest BCUT2D eigenvalue weighted by Crippen LogP contribution is 2.23. The van der Waals surface area contributed by atoms with Gasteiger partial charge in [0.2, 0.25) is 0 Å². The van der Waals surface area contributed by atoms with Crippen LogP contribution in [-0.2, 0) is 0 Å². The van der Waals surface area contributed by atoms with Crippen LogP contribution in [0.2, 0.25) is 0 Å². The number of rotatable bonds is 0. The second-order valence-corrected chi connectivity index (χ2v) is 3.35. The summed E-state index contributed by atoms with van der Waals surface area (Å²) >= 11 is 8.04. The largest absolute Gasteiger partial charge is 0.365 e. The molecule has 0 radical (unpaired) electrons. The molecule has 0 spiro atoms. The molecule has 0 amide bonds. The van der Waals surface area contributed by atoms with Gasteiger partial charge in [-0.2, -0.15) is 0 Å². The van der Waals surface area contributed by atoms with Crippen molar-refractivity contribution in [1.29, 1.82) is 0 Å². The van der Waals surface area contributed by atoms with E-state index < -0.39 is 0 Å². The van der Waals surface area contributed by atoms with Crippen molar-refractivity contribution in [3.8, 4) is 0 Å². The van der Waals surface area contributed by atoms with Gasteiger partial charge in [-0.25, -0.2) is 0 Å². The molecule has 0 N–H and O–H groups in total. The Balaban J connectivity index is 2.83. The van der Waals surface area contributed by atoms with Crippen LogP contribution in [0.5, 0.6) is 0 Å². The Labute approximate surface area is 73.5 Å². The number of likely N-dealkylation sites (N-methyl/N-ethyl adjacent to an activating group) is 1. The number of nitrogens with zero attached hydrogens (tertiary/aromatic N) is 1. The van der Waals surface area contributed by atoms with Gasteiger partial charge in [0.1, 0.15) is 0 Å². The van der Waals surface area contributed by atoms with Gasteiger partial charge in [-0.05, 0) is 28.7 Å². The smallest absolute Gasteiger partial charge is 0.0946 e. The van der Waals surface area contributed by atoms with E-state index in [2.05, 4.69) is 27.5 Å². The van der Waals surface area contributed by atoms with Crippen molar-refractivity contribution in [3.63, 3.8) is 0 Å². The van der Waals surface area contributed by atoms with Gasteiger partial charge in [-0.1, -0.05) is 17.7 Å². The Morgan fingerprint density at radius 3 is 2.89 bits per heavy atom. The molecule has 50 valence electrons. The summed E-state index contributed by atoms with van der Waals surface area (Å²) in [5, 5.41) is 0.837. The van der Waals surface area contributed by atoms with Crippen molar-refractivity contribution in [2.24, 2.45) is 0 Å². The SMILES string of the molecule is CN1CC=CC(Cl)=C1I. The lowest BCUT2D eigenvalue weighted by Crippen LogP contribution is -2.17. The number of allylic oxidation sites excluding steroid dienone is 2. The van der Waals surface area contributed by atoms with Crippen molar-refractivity contribution >= 4 is 34.2 Å². The molecule has 0 aromatic heterocycles. The molecule has 0 aliphatic carbocycles. The van der Waals surface area contributed by atoms with Crippen LogP contribution in [-0.4, -0.2) is 18.5 Å². The predicted molar refractivity (Wildman–Crippen MR) is 48.7 cm³/mol. The summed E-state index contributed by atoms with van der Waals surface area (Å²) in [6.07, 6.45) is 3.98. The summed E-state index contributed by atoms with van der Waals surface area (Å²) in [5.41, 5.74) is 0. The molecule has 0 saturated heterocycles. The average Bonchev–Trinajstić information content (AvgIpc) is 1.83. The standard InChI is InChI=1S/C6H7ClIN/c1-9-4-2-3-5(7)6(9)8/h2-3H,4H2,1H3. The monoisotopic (exact) mass is 255 g/mol. The van der Waals surface area contributed by atoms with Gasteiger partial charge in [-0.3, -0.25) is 0 Å². The van der Waals surface area contributed by atoms with Crippen molar-refractivity contribution in [1.82, 2.24) is 4.90 Å². The molecule has 1 nitrogen and oxygen atoms in total. The first-order valence-electron chi connectivity index (χ1n) is 2.65. The second kappa shape index (κ2) is 2.92. The van der Waals surface area contributed by atoms with E-state index >= 15 is 0 Å². The molecule has 1 heterocycles. The molecule has 3 heteroatoms. The molecule has 0 bridgehead atoms. The minimum atomic E-state index is 0.837. The normalized spacial score (nSPS) is 19.2. The van der Waals surface area contributed by atoms with Crippen LogP contribution < -0.4 is 0 Å². The summed E-state index contributed by atoms with van der Waals surface area (Å²) in [6, 6.07) is 0. The third-order valence-corrected chi connectivity index (χ3v) is 3.20. The van der Waals surface area contributed by atoms with Crippen LogP contribution in [0.3, 0.4) is 0 Å². The second-order valence-electron chi connectivity index (χ2n) is 1.92. The maximum absolute atomic E-state index is 5.81. The molecule has 1 aliphatic heterocycles. The Morgan fingerprint density at radius 2 is 2.44 bits per heavy atom. The average molecular weight is 255 g/mol. The molecule has 0 atom stereocenters. The van der Waals surface area contributed by atoms with E-state index in [4.69, 9.17) is 11.6 Å². The van der Waals surface area contributed by atoms with Gasteiger partial charge < -0.3 is 4.90 Å². The van der Waals surface area contributed by atoms with E-state index in [1.165, 1.54) is 0 Å². The Kier molecular flexibility index (Phi) is 2.41. The zero-order valence-corrected chi connectivity index (χ0v) is 7.98. The summed E-state index contributed by atoms with van der Waals surface area (Å²) in [6.45, 7) is 0.967. The minimum Gasteiger partial charge on any atom is -0.365 e. The van der Waals surface area contributed by atoms with Crippen molar-refractivity contribution in [2.45, 2.75) is 0 Å².